The van der Waals surface area contributed by atoms with Crippen LogP contribution in [0.1, 0.15) is 34.9 Å². The van der Waals surface area contributed by atoms with E-state index in [0.717, 1.165) is 22.5 Å². The minimum atomic E-state index is -1.37. The summed E-state index contributed by atoms with van der Waals surface area (Å²) < 4.78 is 6.29. The first-order chi connectivity index (χ1) is 21.2. The number of anilines is 2. The highest BCUT2D eigenvalue weighted by atomic mass is 32.2. The van der Waals surface area contributed by atoms with Gasteiger partial charge in [0.25, 0.3) is 0 Å². The van der Waals surface area contributed by atoms with Crippen molar-refractivity contribution < 1.29 is 23.9 Å². The molecule has 3 atom stereocenters. The summed E-state index contributed by atoms with van der Waals surface area (Å²) in [5.41, 5.74) is 6.39. The second kappa shape index (κ2) is 12.3. The third-order valence-corrected chi connectivity index (χ3v) is 10.5. The molecule has 44 heavy (non-hydrogen) atoms. The predicted octanol–water partition coefficient (Wildman–Crippen LogP) is 2.75. The fourth-order valence-electron chi connectivity index (χ4n) is 5.13. The molecule has 2 unspecified atom stereocenters. The number of carbonyl (C=O) groups is 4. The summed E-state index contributed by atoms with van der Waals surface area (Å²) in [6, 6.07) is 18.0. The van der Waals surface area contributed by atoms with Crippen LogP contribution in [0.3, 0.4) is 0 Å². The summed E-state index contributed by atoms with van der Waals surface area (Å²) in [4.78, 5) is 57.8. The van der Waals surface area contributed by atoms with E-state index in [-0.39, 0.29) is 46.9 Å². The van der Waals surface area contributed by atoms with Gasteiger partial charge in [0.05, 0.1) is 12.1 Å². The summed E-state index contributed by atoms with van der Waals surface area (Å²) in [6.45, 7) is 1.33. The number of thiazole rings is 1. The molecule has 0 spiro atoms. The molecular formula is C29H27N7O5S3. The van der Waals surface area contributed by atoms with Crippen molar-refractivity contribution in [3.8, 4) is 0 Å². The topological polar surface area (TPSA) is 170 Å². The number of nitrogen functional groups attached to an aromatic ring is 1. The molecular weight excluding hydrogens is 623 g/mol. The fourth-order valence-corrected chi connectivity index (χ4v) is 8.28. The Morgan fingerprint density at radius 2 is 1.77 bits per heavy atom. The number of benzene rings is 2. The summed E-state index contributed by atoms with van der Waals surface area (Å²) in [6.07, 6.45) is -0.714. The lowest BCUT2D eigenvalue weighted by molar-refractivity contribution is -0.160. The number of amides is 3. The van der Waals surface area contributed by atoms with Gasteiger partial charge in [-0.25, -0.2) is 4.98 Å². The number of thioether (sulfide) groups is 1. The minimum Gasteiger partial charge on any atom is -0.452 e. The zero-order valence-corrected chi connectivity index (χ0v) is 25.8. The molecule has 0 radical (unpaired) electrons. The SMILES string of the molecule is CC(=O)Nc1nnc(C2(C(=O)OC(c3ccccc3)c3ccccc3)CS[C@@H]3C(NC(=O)Cc4csc(N)n4)C(=O)N3C2)s1. The second-order valence-corrected chi connectivity index (χ2v) is 13.3. The lowest BCUT2D eigenvalue weighted by Crippen LogP contribution is -2.74. The van der Waals surface area contributed by atoms with Crippen molar-refractivity contribution in [2.24, 2.45) is 0 Å². The van der Waals surface area contributed by atoms with Crippen LogP contribution >= 0.6 is 34.4 Å². The lowest BCUT2D eigenvalue weighted by atomic mass is 9.87. The van der Waals surface area contributed by atoms with Crippen molar-refractivity contribution in [3.63, 3.8) is 0 Å². The molecule has 4 aromatic rings. The van der Waals surface area contributed by atoms with E-state index in [4.69, 9.17) is 10.5 Å². The molecule has 2 saturated heterocycles. The second-order valence-electron chi connectivity index (χ2n) is 10.3. The van der Waals surface area contributed by atoms with E-state index in [1.54, 1.807) is 10.3 Å². The van der Waals surface area contributed by atoms with Crippen LogP contribution in [-0.4, -0.2) is 67.5 Å². The molecule has 2 aliphatic rings. The van der Waals surface area contributed by atoms with E-state index in [1.165, 1.54) is 30.0 Å². The summed E-state index contributed by atoms with van der Waals surface area (Å²) in [5.74, 6) is -1.36. The minimum absolute atomic E-state index is 0.00218. The average Bonchev–Trinajstić information content (AvgIpc) is 3.67. The van der Waals surface area contributed by atoms with Gasteiger partial charge in [0.15, 0.2) is 11.2 Å². The maximum absolute atomic E-state index is 14.3. The highest BCUT2D eigenvalue weighted by molar-refractivity contribution is 8.00. The molecule has 0 saturated carbocycles. The molecule has 2 aliphatic heterocycles. The molecule has 0 bridgehead atoms. The van der Waals surface area contributed by atoms with Gasteiger partial charge in [-0.15, -0.1) is 33.3 Å². The number of nitrogens with zero attached hydrogens (tertiary/aromatic N) is 4. The van der Waals surface area contributed by atoms with Crippen molar-refractivity contribution in [3.05, 3.63) is 87.9 Å². The number of fused-ring (bicyclic) bond motifs is 1. The van der Waals surface area contributed by atoms with E-state index in [9.17, 15) is 19.2 Å². The average molecular weight is 650 g/mol. The maximum Gasteiger partial charge on any atom is 0.322 e. The van der Waals surface area contributed by atoms with Crippen LogP contribution in [0, 0.1) is 0 Å². The number of ether oxygens (including phenoxy) is 1. The molecule has 2 aromatic heterocycles. The molecule has 3 amide bonds. The van der Waals surface area contributed by atoms with Gasteiger partial charge in [-0.3, -0.25) is 19.2 Å². The normalized spacial score (nSPS) is 20.9. The first-order valence-electron chi connectivity index (χ1n) is 13.6. The number of carbonyl (C=O) groups excluding carboxylic acids is 4. The molecule has 12 nitrogen and oxygen atoms in total. The van der Waals surface area contributed by atoms with E-state index in [0.29, 0.717) is 15.8 Å². The van der Waals surface area contributed by atoms with Crippen LogP contribution in [0.5, 0.6) is 0 Å². The fraction of sp³-hybridized carbons (Fsp3) is 0.276. The number of nitrogens with two attached hydrogens (primary N) is 1. The van der Waals surface area contributed by atoms with Crippen LogP contribution in [0.2, 0.25) is 0 Å². The van der Waals surface area contributed by atoms with E-state index < -0.39 is 23.5 Å². The maximum atomic E-state index is 14.3. The zero-order chi connectivity index (χ0) is 30.8. The Bertz CT molecular complexity index is 1660. The third kappa shape index (κ3) is 5.89. The van der Waals surface area contributed by atoms with Gasteiger partial charge in [-0.1, -0.05) is 72.0 Å². The van der Waals surface area contributed by atoms with Crippen molar-refractivity contribution in [1.82, 2.24) is 25.4 Å². The Morgan fingerprint density at radius 1 is 1.09 bits per heavy atom. The quantitative estimate of drug-likeness (QED) is 0.181. The predicted molar refractivity (Wildman–Crippen MR) is 167 cm³/mol. The van der Waals surface area contributed by atoms with Crippen LogP contribution in [0.15, 0.2) is 66.0 Å². The lowest BCUT2D eigenvalue weighted by Gasteiger charge is -2.53. The summed E-state index contributed by atoms with van der Waals surface area (Å²) in [5, 5.41) is 16.0. The van der Waals surface area contributed by atoms with Crippen molar-refractivity contribution in [1.29, 1.82) is 0 Å². The van der Waals surface area contributed by atoms with Crippen molar-refractivity contribution >= 4 is 68.4 Å². The number of hydrogen-bond acceptors (Lipinski definition) is 12. The first kappa shape index (κ1) is 29.7. The Labute approximate surface area is 264 Å². The third-order valence-electron chi connectivity index (χ3n) is 7.25. The Balaban J connectivity index is 1.26. The van der Waals surface area contributed by atoms with E-state index >= 15 is 0 Å². The van der Waals surface area contributed by atoms with Gasteiger partial charge in [-0.2, -0.15) is 0 Å². The molecule has 15 heteroatoms. The van der Waals surface area contributed by atoms with Crippen molar-refractivity contribution in [2.75, 3.05) is 23.3 Å². The van der Waals surface area contributed by atoms with Crippen molar-refractivity contribution in [2.45, 2.75) is 36.3 Å². The number of rotatable bonds is 9. The smallest absolute Gasteiger partial charge is 0.322 e. The molecule has 226 valence electrons. The van der Waals surface area contributed by atoms with Gasteiger partial charge in [0, 0.05) is 24.6 Å². The number of hydrogen-bond donors (Lipinski definition) is 3. The molecule has 4 heterocycles. The summed E-state index contributed by atoms with van der Waals surface area (Å²) >= 11 is 3.66. The van der Waals surface area contributed by atoms with Gasteiger partial charge in [-0.05, 0) is 11.1 Å². The monoisotopic (exact) mass is 649 g/mol. The van der Waals surface area contributed by atoms with Gasteiger partial charge >= 0.3 is 5.97 Å². The van der Waals surface area contributed by atoms with Gasteiger partial charge < -0.3 is 26.0 Å². The molecule has 2 fully saturated rings. The highest BCUT2D eigenvalue weighted by Crippen LogP contribution is 2.46. The van der Waals surface area contributed by atoms with Crippen LogP contribution in [-0.2, 0) is 35.8 Å². The largest absolute Gasteiger partial charge is 0.452 e. The molecule has 2 aromatic carbocycles. The Morgan fingerprint density at radius 3 is 2.39 bits per heavy atom. The van der Waals surface area contributed by atoms with Crippen LogP contribution < -0.4 is 16.4 Å². The van der Waals surface area contributed by atoms with E-state index in [1.807, 2.05) is 60.7 Å². The number of aromatic nitrogens is 3. The van der Waals surface area contributed by atoms with Gasteiger partial charge in [0.2, 0.25) is 22.9 Å². The number of nitrogens with one attached hydrogen (secondary N) is 2. The van der Waals surface area contributed by atoms with Crippen LogP contribution in [0.25, 0.3) is 0 Å². The number of esters is 1. The summed E-state index contributed by atoms with van der Waals surface area (Å²) in [7, 11) is 0. The van der Waals surface area contributed by atoms with Crippen LogP contribution in [0.4, 0.5) is 10.3 Å². The van der Waals surface area contributed by atoms with Gasteiger partial charge in [0.1, 0.15) is 21.8 Å². The standard InChI is InChI=1S/C29H27N7O5S3/c1-16(37)31-28-35-34-25(44-28)29(26(40)41-22(17-8-4-2-5-9-17)18-10-6-3-7-11-18)14-36-23(39)21(24(36)43-15-29)33-20(38)12-19-13-42-27(30)32-19/h2-11,13,21-22,24H,12,14-15H2,1H3,(H2,30,32)(H,33,38)(H,31,35,37)/t21?,24-,29?/m1/s1. The molecule has 6 rings (SSSR count). The zero-order valence-electron chi connectivity index (χ0n) is 23.3. The number of β-lactam (4-membered cyclic amide) rings is 1. The Kier molecular flexibility index (Phi) is 8.33. The Hall–Kier alpha value is -4.34. The highest BCUT2D eigenvalue weighted by Gasteiger charge is 2.60. The first-order valence-corrected chi connectivity index (χ1v) is 16.3. The van der Waals surface area contributed by atoms with E-state index in [2.05, 4.69) is 25.8 Å². The molecule has 0 aliphatic carbocycles. The molecule has 4 N–H and O–H groups in total.